The van der Waals surface area contributed by atoms with Gasteiger partial charge in [0.25, 0.3) is 0 Å². The quantitative estimate of drug-likeness (QED) is 0.0414. The van der Waals surface area contributed by atoms with Gasteiger partial charge in [0.05, 0.1) is 165 Å². The Morgan fingerprint density at radius 2 is 0.492 bits per heavy atom. The summed E-state index contributed by atoms with van der Waals surface area (Å²) in [5.74, 6) is 0. The predicted octanol–water partition coefficient (Wildman–Crippen LogP) is 5.38. The Morgan fingerprint density at radius 3 is 0.712 bits per heavy atom. The van der Waals surface area contributed by atoms with Crippen LogP contribution < -0.4 is 0 Å². The molecule has 0 atom stereocenters. The van der Waals surface area contributed by atoms with Crippen molar-refractivity contribution in [1.82, 2.24) is 0 Å². The summed E-state index contributed by atoms with van der Waals surface area (Å²) >= 11 is 0. The largest absolute Gasteiger partial charge is 0.377 e. The van der Waals surface area contributed by atoms with Crippen LogP contribution in [0.5, 0.6) is 0 Å². The van der Waals surface area contributed by atoms with Gasteiger partial charge in [0.15, 0.2) is 0 Å². The van der Waals surface area contributed by atoms with Gasteiger partial charge in [-0.25, -0.2) is 0 Å². The van der Waals surface area contributed by atoms with E-state index in [-0.39, 0.29) is 0 Å². The van der Waals surface area contributed by atoms with Crippen molar-refractivity contribution in [2.45, 2.75) is 5.60 Å². The fourth-order valence-corrected chi connectivity index (χ4v) is 5.61. The first-order valence-corrected chi connectivity index (χ1v) is 20.7. The molecule has 0 saturated carbocycles. The molecule has 3 aromatic rings. The second-order valence-corrected chi connectivity index (χ2v) is 12.7. The molecule has 0 aromatic heterocycles. The van der Waals surface area contributed by atoms with Gasteiger partial charge in [-0.3, -0.25) is 0 Å². The van der Waals surface area contributed by atoms with Gasteiger partial charge >= 0.3 is 0 Å². The minimum Gasteiger partial charge on any atom is -0.377 e. The van der Waals surface area contributed by atoms with Crippen LogP contribution in [0.2, 0.25) is 0 Å². The van der Waals surface area contributed by atoms with E-state index in [1.807, 2.05) is 54.6 Å². The molecule has 0 bridgehead atoms. The number of rotatable bonds is 42. The zero-order chi connectivity index (χ0) is 41.4. The molecule has 0 saturated heterocycles. The third-order valence-electron chi connectivity index (χ3n) is 8.41. The Balaban J connectivity index is 1.02. The van der Waals surface area contributed by atoms with Crippen LogP contribution in [0.3, 0.4) is 0 Å². The zero-order valence-electron chi connectivity index (χ0n) is 34.9. The third-order valence-corrected chi connectivity index (χ3v) is 8.41. The standard InChI is InChI=1S/C46H68O13/c1-2-18-47-19-20-48-21-22-49-23-24-50-25-26-51-27-28-52-29-30-53-31-32-54-33-34-55-35-36-56-37-38-57-39-40-58-41-42-59-46(43-12-6-3-7-13-43,44-14-8-4-9-15-44)45-16-10-5-11-17-45/h2-17H,1,18-42H2. The molecule has 0 radical (unpaired) electrons. The Kier molecular flexibility index (Phi) is 31.3. The lowest BCUT2D eigenvalue weighted by Gasteiger charge is -2.36. The highest BCUT2D eigenvalue weighted by Crippen LogP contribution is 2.40. The molecule has 0 heterocycles. The van der Waals surface area contributed by atoms with Crippen LogP contribution in [0.25, 0.3) is 0 Å². The van der Waals surface area contributed by atoms with Crippen LogP contribution in [0.15, 0.2) is 104 Å². The van der Waals surface area contributed by atoms with Gasteiger partial charge < -0.3 is 61.6 Å². The molecule has 0 N–H and O–H groups in total. The number of hydrogen-bond acceptors (Lipinski definition) is 13. The van der Waals surface area contributed by atoms with Crippen molar-refractivity contribution in [3.05, 3.63) is 120 Å². The van der Waals surface area contributed by atoms with E-state index >= 15 is 0 Å². The van der Waals surface area contributed by atoms with Gasteiger partial charge in [-0.2, -0.15) is 0 Å². The second kappa shape index (κ2) is 36.7. The van der Waals surface area contributed by atoms with Gasteiger partial charge in [0, 0.05) is 0 Å². The molecule has 0 fully saturated rings. The lowest BCUT2D eigenvalue weighted by atomic mass is 9.80. The molecular weight excluding hydrogens is 760 g/mol. The summed E-state index contributed by atoms with van der Waals surface area (Å²) in [5, 5.41) is 0. The van der Waals surface area contributed by atoms with Crippen LogP contribution in [0.1, 0.15) is 16.7 Å². The van der Waals surface area contributed by atoms with E-state index in [9.17, 15) is 0 Å². The minimum atomic E-state index is -0.754. The maximum absolute atomic E-state index is 6.73. The van der Waals surface area contributed by atoms with Crippen molar-refractivity contribution in [3.8, 4) is 0 Å². The first kappa shape index (κ1) is 50.2. The van der Waals surface area contributed by atoms with Crippen molar-refractivity contribution in [3.63, 3.8) is 0 Å². The molecule has 59 heavy (non-hydrogen) atoms. The Labute approximate surface area is 352 Å². The van der Waals surface area contributed by atoms with Crippen LogP contribution in [-0.4, -0.2) is 165 Å². The summed E-state index contributed by atoms with van der Waals surface area (Å²) in [7, 11) is 0. The van der Waals surface area contributed by atoms with E-state index in [0.717, 1.165) is 16.7 Å². The molecule has 330 valence electrons. The molecule has 0 aliphatic rings. The topological polar surface area (TPSA) is 120 Å². The first-order valence-electron chi connectivity index (χ1n) is 20.7. The summed E-state index contributed by atoms with van der Waals surface area (Å²) in [6.45, 7) is 16.1. The third kappa shape index (κ3) is 24.1. The van der Waals surface area contributed by atoms with Crippen LogP contribution in [0, 0.1) is 0 Å². The average Bonchev–Trinajstić information content (AvgIpc) is 3.28. The highest BCUT2D eigenvalue weighted by Gasteiger charge is 2.37. The van der Waals surface area contributed by atoms with E-state index in [4.69, 9.17) is 61.6 Å². The maximum Gasteiger partial charge on any atom is 0.143 e. The summed E-state index contributed by atoms with van der Waals surface area (Å²) in [6, 6.07) is 31.0. The van der Waals surface area contributed by atoms with Crippen molar-refractivity contribution in [1.29, 1.82) is 0 Å². The summed E-state index contributed by atoms with van der Waals surface area (Å²) in [5.41, 5.74) is 2.44. The summed E-state index contributed by atoms with van der Waals surface area (Å²) in [4.78, 5) is 0. The Hall–Kier alpha value is -3.12. The predicted molar refractivity (Wildman–Crippen MR) is 225 cm³/mol. The smallest absolute Gasteiger partial charge is 0.143 e. The summed E-state index contributed by atoms with van der Waals surface area (Å²) in [6.07, 6.45) is 1.71. The number of benzene rings is 3. The average molecular weight is 829 g/mol. The van der Waals surface area contributed by atoms with Crippen molar-refractivity contribution < 1.29 is 61.6 Å². The van der Waals surface area contributed by atoms with Crippen molar-refractivity contribution >= 4 is 0 Å². The molecule has 0 amide bonds. The van der Waals surface area contributed by atoms with Crippen LogP contribution in [0.4, 0.5) is 0 Å². The fourth-order valence-electron chi connectivity index (χ4n) is 5.61. The lowest BCUT2D eigenvalue weighted by molar-refractivity contribution is -0.0399. The van der Waals surface area contributed by atoms with Crippen LogP contribution in [-0.2, 0) is 67.2 Å². The van der Waals surface area contributed by atoms with Crippen molar-refractivity contribution in [2.24, 2.45) is 0 Å². The normalized spacial score (nSPS) is 11.7. The van der Waals surface area contributed by atoms with E-state index in [2.05, 4.69) is 43.0 Å². The highest BCUT2D eigenvalue weighted by molar-refractivity contribution is 5.47. The molecule has 0 spiro atoms. The van der Waals surface area contributed by atoms with Crippen molar-refractivity contribution in [2.75, 3.05) is 165 Å². The van der Waals surface area contributed by atoms with Gasteiger partial charge in [-0.05, 0) is 16.7 Å². The highest BCUT2D eigenvalue weighted by atomic mass is 16.6. The van der Waals surface area contributed by atoms with Gasteiger partial charge in [-0.1, -0.05) is 97.1 Å². The van der Waals surface area contributed by atoms with Gasteiger partial charge in [-0.15, -0.1) is 6.58 Å². The SMILES string of the molecule is C=CCOCCOCCOCCOCCOCCOCCOCCOCCOCCOCCOCCOCCOC(c1ccccc1)(c1ccccc1)c1ccccc1. The van der Waals surface area contributed by atoms with E-state index < -0.39 is 5.60 Å². The van der Waals surface area contributed by atoms with E-state index in [1.54, 1.807) is 6.08 Å². The maximum atomic E-state index is 6.73. The lowest BCUT2D eigenvalue weighted by Crippen LogP contribution is -2.34. The van der Waals surface area contributed by atoms with E-state index in [0.29, 0.717) is 165 Å². The Bertz CT molecular complexity index is 1240. The van der Waals surface area contributed by atoms with E-state index in [1.165, 1.54) is 0 Å². The van der Waals surface area contributed by atoms with Gasteiger partial charge in [0.1, 0.15) is 5.60 Å². The zero-order valence-corrected chi connectivity index (χ0v) is 34.9. The molecule has 13 heteroatoms. The van der Waals surface area contributed by atoms with Gasteiger partial charge in [0.2, 0.25) is 0 Å². The molecule has 3 aromatic carbocycles. The second-order valence-electron chi connectivity index (χ2n) is 12.7. The Morgan fingerprint density at radius 1 is 0.288 bits per heavy atom. The molecule has 3 rings (SSSR count). The molecular formula is C46H68O13. The summed E-state index contributed by atoms with van der Waals surface area (Å²) < 4.78 is 73.0. The number of hydrogen-bond donors (Lipinski definition) is 0. The fraction of sp³-hybridized carbons (Fsp3) is 0.565. The minimum absolute atomic E-state index is 0.413. The number of ether oxygens (including phenoxy) is 13. The first-order chi connectivity index (χ1) is 29.4. The molecule has 0 unspecified atom stereocenters. The van der Waals surface area contributed by atoms with Crippen LogP contribution >= 0.6 is 0 Å². The molecule has 13 nitrogen and oxygen atoms in total. The molecule has 0 aliphatic carbocycles. The monoisotopic (exact) mass is 828 g/mol. The molecule has 0 aliphatic heterocycles.